The maximum atomic E-state index is 13.5. The monoisotopic (exact) mass is 455 g/mol. The van der Waals surface area contributed by atoms with Crippen LogP contribution in [0.3, 0.4) is 0 Å². The molecule has 0 saturated carbocycles. The standard InChI is InChI=1S/C24H33N3O2.2C2H6/c1-21(2)23(5,6)27(20(28)29-18-14-10-9-11-15-18)24(7,8)22(3,4)26(21)19-16-12-13-17-25-19;2*1-2/h9-17H,1-8H3;2*1-2H3. The minimum Gasteiger partial charge on any atom is -0.410 e. The minimum absolute atomic E-state index is 0.340. The molecule has 0 radical (unpaired) electrons. The van der Waals surface area contributed by atoms with Crippen LogP contribution >= 0.6 is 0 Å². The van der Waals surface area contributed by atoms with Gasteiger partial charge in [-0.1, -0.05) is 52.0 Å². The van der Waals surface area contributed by atoms with E-state index in [9.17, 15) is 4.79 Å². The molecule has 1 saturated heterocycles. The van der Waals surface area contributed by atoms with Crippen LogP contribution in [0, 0.1) is 0 Å². The Balaban J connectivity index is 0.00000129. The molecule has 3 rings (SSSR count). The van der Waals surface area contributed by atoms with Gasteiger partial charge in [0.25, 0.3) is 0 Å². The number of piperazine rings is 1. The summed E-state index contributed by atoms with van der Waals surface area (Å²) in [7, 11) is 0. The van der Waals surface area contributed by atoms with Gasteiger partial charge in [0, 0.05) is 6.20 Å². The molecule has 2 heterocycles. The number of ether oxygens (including phenoxy) is 1. The Labute approximate surface area is 202 Å². The third kappa shape index (κ3) is 4.87. The predicted molar refractivity (Wildman–Crippen MR) is 140 cm³/mol. The van der Waals surface area contributed by atoms with Crippen LogP contribution in [0.1, 0.15) is 83.1 Å². The topological polar surface area (TPSA) is 45.7 Å². The highest BCUT2D eigenvalue weighted by molar-refractivity contribution is 5.75. The van der Waals surface area contributed by atoms with Crippen molar-refractivity contribution in [2.75, 3.05) is 4.90 Å². The average molecular weight is 456 g/mol. The molecule has 5 nitrogen and oxygen atoms in total. The molecule has 1 aliphatic heterocycles. The molecule has 1 aromatic carbocycles. The normalized spacial score (nSPS) is 19.3. The van der Waals surface area contributed by atoms with E-state index in [0.717, 1.165) is 5.82 Å². The maximum absolute atomic E-state index is 13.5. The van der Waals surface area contributed by atoms with Gasteiger partial charge in [0.1, 0.15) is 11.6 Å². The van der Waals surface area contributed by atoms with E-state index in [4.69, 9.17) is 4.74 Å². The molecule has 0 N–H and O–H groups in total. The van der Waals surface area contributed by atoms with Gasteiger partial charge in [-0.15, -0.1) is 0 Å². The van der Waals surface area contributed by atoms with Crippen molar-refractivity contribution in [2.45, 2.75) is 105 Å². The first-order valence-corrected chi connectivity index (χ1v) is 12.1. The molecule has 5 heteroatoms. The van der Waals surface area contributed by atoms with Crippen molar-refractivity contribution >= 4 is 11.9 Å². The van der Waals surface area contributed by atoms with Crippen molar-refractivity contribution < 1.29 is 9.53 Å². The van der Waals surface area contributed by atoms with Gasteiger partial charge in [0.15, 0.2) is 0 Å². The van der Waals surface area contributed by atoms with Crippen molar-refractivity contribution in [3.63, 3.8) is 0 Å². The van der Waals surface area contributed by atoms with Crippen LogP contribution in [0.25, 0.3) is 0 Å². The number of para-hydroxylation sites is 1. The largest absolute Gasteiger partial charge is 0.416 e. The van der Waals surface area contributed by atoms with E-state index >= 15 is 0 Å². The summed E-state index contributed by atoms with van der Waals surface area (Å²) in [5.41, 5.74) is -1.93. The van der Waals surface area contributed by atoms with E-state index in [1.54, 1.807) is 12.1 Å². The zero-order valence-corrected chi connectivity index (χ0v) is 22.9. The van der Waals surface area contributed by atoms with E-state index in [-0.39, 0.29) is 6.09 Å². The second-order valence-corrected chi connectivity index (χ2v) is 9.78. The van der Waals surface area contributed by atoms with E-state index in [2.05, 4.69) is 65.3 Å². The molecule has 2 aromatic rings. The molecule has 1 amide bonds. The van der Waals surface area contributed by atoms with Crippen molar-refractivity contribution in [2.24, 2.45) is 0 Å². The molecular weight excluding hydrogens is 410 g/mol. The number of pyridine rings is 1. The molecule has 1 aromatic heterocycles. The molecule has 1 fully saturated rings. The Morgan fingerprint density at radius 3 is 1.58 bits per heavy atom. The molecule has 0 bridgehead atoms. The maximum Gasteiger partial charge on any atom is 0.416 e. The van der Waals surface area contributed by atoms with Crippen molar-refractivity contribution in [1.29, 1.82) is 0 Å². The minimum atomic E-state index is -0.546. The summed E-state index contributed by atoms with van der Waals surface area (Å²) >= 11 is 0. The van der Waals surface area contributed by atoms with Crippen LogP contribution in [0.5, 0.6) is 5.75 Å². The van der Waals surface area contributed by atoms with Gasteiger partial charge < -0.3 is 9.64 Å². The first kappa shape index (κ1) is 28.5. The Morgan fingerprint density at radius 2 is 1.15 bits per heavy atom. The molecule has 0 unspecified atom stereocenters. The van der Waals surface area contributed by atoms with Crippen molar-refractivity contribution in [1.82, 2.24) is 9.88 Å². The Kier molecular flexibility index (Phi) is 9.13. The smallest absolute Gasteiger partial charge is 0.410 e. The molecule has 1 aliphatic rings. The first-order chi connectivity index (χ1) is 15.3. The number of carbonyl (C=O) groups excluding carboxylic acids is 1. The van der Waals surface area contributed by atoms with Crippen molar-refractivity contribution in [3.8, 4) is 5.75 Å². The Bertz CT molecular complexity index is 847. The lowest BCUT2D eigenvalue weighted by Gasteiger charge is -2.71. The van der Waals surface area contributed by atoms with Crippen LogP contribution in [0.15, 0.2) is 54.7 Å². The van der Waals surface area contributed by atoms with Gasteiger partial charge in [-0.25, -0.2) is 9.78 Å². The second kappa shape index (κ2) is 10.6. The quantitative estimate of drug-likeness (QED) is 0.468. The fourth-order valence-electron chi connectivity index (χ4n) is 4.64. The van der Waals surface area contributed by atoms with Gasteiger partial charge in [-0.05, 0) is 79.7 Å². The van der Waals surface area contributed by atoms with Crippen LogP contribution in [0.2, 0.25) is 0 Å². The Morgan fingerprint density at radius 1 is 0.697 bits per heavy atom. The fourth-order valence-corrected chi connectivity index (χ4v) is 4.64. The number of hydrogen-bond acceptors (Lipinski definition) is 4. The second-order valence-electron chi connectivity index (χ2n) is 9.78. The number of benzene rings is 1. The zero-order valence-electron chi connectivity index (χ0n) is 22.9. The predicted octanol–water partition coefficient (Wildman–Crippen LogP) is 7.57. The number of aromatic nitrogens is 1. The molecule has 33 heavy (non-hydrogen) atoms. The van der Waals surface area contributed by atoms with Gasteiger partial charge in [-0.2, -0.15) is 0 Å². The summed E-state index contributed by atoms with van der Waals surface area (Å²) in [4.78, 5) is 22.4. The van der Waals surface area contributed by atoms with E-state index < -0.39 is 22.2 Å². The highest BCUT2D eigenvalue weighted by Gasteiger charge is 2.65. The van der Waals surface area contributed by atoms with E-state index in [0.29, 0.717) is 5.75 Å². The molecular formula is C28H45N3O2. The highest BCUT2D eigenvalue weighted by Crippen LogP contribution is 2.52. The zero-order chi connectivity index (χ0) is 25.7. The number of amides is 1. The summed E-state index contributed by atoms with van der Waals surface area (Å²) in [6.07, 6.45) is 1.48. The fraction of sp³-hybridized carbons (Fsp3) is 0.571. The molecule has 184 valence electrons. The van der Waals surface area contributed by atoms with E-state index in [1.807, 2.05) is 75.2 Å². The third-order valence-electron chi connectivity index (χ3n) is 7.24. The third-order valence-corrected chi connectivity index (χ3v) is 7.24. The summed E-state index contributed by atoms with van der Waals surface area (Å²) in [6, 6.07) is 15.2. The van der Waals surface area contributed by atoms with Gasteiger partial charge in [-0.3, -0.25) is 4.90 Å². The van der Waals surface area contributed by atoms with Crippen LogP contribution < -0.4 is 9.64 Å². The summed E-state index contributed by atoms with van der Waals surface area (Å²) in [5, 5.41) is 0. The van der Waals surface area contributed by atoms with E-state index in [1.165, 1.54) is 0 Å². The average Bonchev–Trinajstić information content (AvgIpc) is 2.76. The lowest BCUT2D eigenvalue weighted by atomic mass is 9.65. The van der Waals surface area contributed by atoms with Crippen LogP contribution in [0.4, 0.5) is 10.6 Å². The molecule has 0 spiro atoms. The van der Waals surface area contributed by atoms with Crippen molar-refractivity contribution in [3.05, 3.63) is 54.7 Å². The number of hydrogen-bond donors (Lipinski definition) is 0. The number of rotatable bonds is 2. The van der Waals surface area contributed by atoms with Crippen LogP contribution in [-0.2, 0) is 0 Å². The first-order valence-electron chi connectivity index (χ1n) is 12.1. The summed E-state index contributed by atoms with van der Waals surface area (Å²) in [5.74, 6) is 1.45. The van der Waals surface area contributed by atoms with Gasteiger partial charge in [0.2, 0.25) is 0 Å². The lowest BCUT2D eigenvalue weighted by Crippen LogP contribution is -2.85. The highest BCUT2D eigenvalue weighted by atomic mass is 16.6. The summed E-state index contributed by atoms with van der Waals surface area (Å²) in [6.45, 7) is 25.1. The van der Waals surface area contributed by atoms with Crippen LogP contribution in [-0.4, -0.2) is 38.1 Å². The number of nitrogens with zero attached hydrogens (tertiary/aromatic N) is 3. The van der Waals surface area contributed by atoms with Gasteiger partial charge >= 0.3 is 6.09 Å². The number of anilines is 1. The SMILES string of the molecule is CC.CC.CC1(C)N(C(=O)Oc2ccccc2)C(C)(C)C(C)(C)N(c2ccccn2)C1(C)C. The summed E-state index contributed by atoms with van der Waals surface area (Å²) < 4.78 is 5.81. The number of carbonyl (C=O) groups is 1. The molecule has 0 atom stereocenters. The lowest BCUT2D eigenvalue weighted by molar-refractivity contribution is -0.0811. The van der Waals surface area contributed by atoms with Gasteiger partial charge in [0.05, 0.1) is 22.2 Å². The Hall–Kier alpha value is -2.56. The molecule has 0 aliphatic carbocycles.